The van der Waals surface area contributed by atoms with E-state index >= 15 is 0 Å². The summed E-state index contributed by atoms with van der Waals surface area (Å²) in [6.07, 6.45) is 4.71. The maximum absolute atomic E-state index is 10.4. The molecule has 0 saturated carbocycles. The van der Waals surface area contributed by atoms with Crippen LogP contribution in [0.5, 0.6) is 0 Å². The monoisotopic (exact) mass is 296 g/mol. The number of hydrogen-bond acceptors (Lipinski definition) is 3. The van der Waals surface area contributed by atoms with Gasteiger partial charge in [-0.2, -0.15) is 5.10 Å². The zero-order valence-electron chi connectivity index (χ0n) is 13.1. The van der Waals surface area contributed by atoms with Crippen molar-refractivity contribution in [3.8, 4) is 11.1 Å². The maximum atomic E-state index is 10.4. The van der Waals surface area contributed by atoms with Crippen LogP contribution in [0, 0.1) is 13.8 Å². The summed E-state index contributed by atoms with van der Waals surface area (Å²) in [7, 11) is 1.95. The number of aromatic nitrogens is 4. The lowest BCUT2D eigenvalue weighted by atomic mass is 9.99. The first-order valence-corrected chi connectivity index (χ1v) is 7.30. The molecule has 0 saturated heterocycles. The van der Waals surface area contributed by atoms with Crippen molar-refractivity contribution in [2.75, 3.05) is 0 Å². The molecule has 2 aromatic heterocycles. The van der Waals surface area contributed by atoms with Crippen LogP contribution in [0.2, 0.25) is 0 Å². The van der Waals surface area contributed by atoms with Crippen LogP contribution in [0.1, 0.15) is 23.1 Å². The zero-order valence-corrected chi connectivity index (χ0v) is 13.1. The van der Waals surface area contributed by atoms with Crippen molar-refractivity contribution in [2.45, 2.75) is 26.5 Å². The Morgan fingerprint density at radius 3 is 2.73 bits per heavy atom. The van der Waals surface area contributed by atoms with E-state index in [1.165, 1.54) is 0 Å². The highest BCUT2D eigenvalue weighted by atomic mass is 16.3. The smallest absolute Gasteiger partial charge is 0.0969 e. The number of aryl methyl sites for hydroxylation is 2. The van der Waals surface area contributed by atoms with Gasteiger partial charge < -0.3 is 9.67 Å². The van der Waals surface area contributed by atoms with E-state index in [9.17, 15) is 5.11 Å². The zero-order chi connectivity index (χ0) is 15.7. The Labute approximate surface area is 129 Å². The molecule has 0 spiro atoms. The fourth-order valence-corrected chi connectivity index (χ4v) is 2.79. The van der Waals surface area contributed by atoms with Crippen molar-refractivity contribution in [3.63, 3.8) is 0 Å². The highest BCUT2D eigenvalue weighted by molar-refractivity contribution is 5.69. The fraction of sp³-hybridized carbons (Fsp3) is 0.294. The van der Waals surface area contributed by atoms with E-state index in [-0.39, 0.29) is 0 Å². The normalized spacial score (nSPS) is 12.5. The van der Waals surface area contributed by atoms with Gasteiger partial charge in [-0.05, 0) is 31.0 Å². The second-order valence-corrected chi connectivity index (χ2v) is 5.57. The first-order chi connectivity index (χ1) is 10.6. The lowest BCUT2D eigenvalue weighted by Crippen LogP contribution is -2.07. The van der Waals surface area contributed by atoms with Crippen molar-refractivity contribution in [1.29, 1.82) is 0 Å². The lowest BCUT2D eigenvalue weighted by molar-refractivity contribution is 0.156. The van der Waals surface area contributed by atoms with E-state index < -0.39 is 6.10 Å². The molecule has 0 aliphatic carbocycles. The Kier molecular flexibility index (Phi) is 3.81. The first-order valence-electron chi connectivity index (χ1n) is 7.30. The predicted molar refractivity (Wildman–Crippen MR) is 85.3 cm³/mol. The molecule has 3 aromatic rings. The largest absolute Gasteiger partial charge is 0.387 e. The summed E-state index contributed by atoms with van der Waals surface area (Å²) >= 11 is 0. The van der Waals surface area contributed by atoms with Crippen LogP contribution in [0.25, 0.3) is 11.1 Å². The van der Waals surface area contributed by atoms with E-state index in [1.807, 2.05) is 47.6 Å². The summed E-state index contributed by atoms with van der Waals surface area (Å²) in [6, 6.07) is 8.03. The summed E-state index contributed by atoms with van der Waals surface area (Å²) < 4.78 is 3.76. The molecule has 22 heavy (non-hydrogen) atoms. The van der Waals surface area contributed by atoms with E-state index in [1.54, 1.807) is 12.5 Å². The van der Waals surface area contributed by atoms with Gasteiger partial charge >= 0.3 is 0 Å². The molecule has 0 fully saturated rings. The van der Waals surface area contributed by atoms with Gasteiger partial charge in [-0.15, -0.1) is 0 Å². The standard InChI is InChI=1S/C17H20N4O/c1-12-17(13(2)20(3)19-12)15-6-4-5-14(9-15)16(22)10-21-8-7-18-11-21/h4-9,11,16,22H,10H2,1-3H3. The highest BCUT2D eigenvalue weighted by Gasteiger charge is 2.14. The van der Waals surface area contributed by atoms with Crippen molar-refractivity contribution < 1.29 is 5.11 Å². The van der Waals surface area contributed by atoms with E-state index in [2.05, 4.69) is 23.1 Å². The minimum absolute atomic E-state index is 0.495. The van der Waals surface area contributed by atoms with Gasteiger partial charge in [0, 0.05) is 30.7 Å². The van der Waals surface area contributed by atoms with Crippen LogP contribution in [-0.4, -0.2) is 24.4 Å². The number of hydrogen-bond donors (Lipinski definition) is 1. The molecule has 0 bridgehead atoms. The second kappa shape index (κ2) is 5.77. The lowest BCUT2D eigenvalue weighted by Gasteiger charge is -2.13. The van der Waals surface area contributed by atoms with E-state index in [0.29, 0.717) is 6.54 Å². The molecule has 5 nitrogen and oxygen atoms in total. The number of aliphatic hydroxyl groups is 1. The Balaban J connectivity index is 1.92. The molecule has 1 N–H and O–H groups in total. The van der Waals surface area contributed by atoms with Crippen LogP contribution in [-0.2, 0) is 13.6 Å². The number of benzene rings is 1. The molecule has 1 unspecified atom stereocenters. The summed E-state index contributed by atoms with van der Waals surface area (Å²) in [5.41, 5.74) is 5.25. The van der Waals surface area contributed by atoms with Crippen molar-refractivity contribution in [1.82, 2.24) is 19.3 Å². The van der Waals surface area contributed by atoms with Gasteiger partial charge in [0.1, 0.15) is 0 Å². The second-order valence-electron chi connectivity index (χ2n) is 5.57. The average Bonchev–Trinajstić information content (AvgIpc) is 3.08. The minimum atomic E-state index is -0.563. The SMILES string of the molecule is Cc1nn(C)c(C)c1-c1cccc(C(O)Cn2ccnc2)c1. The molecule has 1 atom stereocenters. The minimum Gasteiger partial charge on any atom is -0.387 e. The van der Waals surface area contributed by atoms with Gasteiger partial charge in [0.25, 0.3) is 0 Å². The summed E-state index contributed by atoms with van der Waals surface area (Å²) in [6.45, 7) is 4.56. The molecule has 0 aliphatic heterocycles. The number of imidazole rings is 1. The maximum Gasteiger partial charge on any atom is 0.0969 e. The molecule has 5 heteroatoms. The highest BCUT2D eigenvalue weighted by Crippen LogP contribution is 2.29. The summed E-state index contributed by atoms with van der Waals surface area (Å²) in [5, 5.41) is 14.9. The van der Waals surface area contributed by atoms with Gasteiger partial charge in [0.15, 0.2) is 0 Å². The van der Waals surface area contributed by atoms with E-state index in [4.69, 9.17) is 0 Å². The molecular formula is C17H20N4O. The topological polar surface area (TPSA) is 55.9 Å². The molecule has 1 aromatic carbocycles. The third-order valence-electron chi connectivity index (χ3n) is 4.01. The quantitative estimate of drug-likeness (QED) is 0.805. The Bertz CT molecular complexity index is 774. The van der Waals surface area contributed by atoms with Crippen molar-refractivity contribution in [2.24, 2.45) is 7.05 Å². The number of nitrogens with zero attached hydrogens (tertiary/aromatic N) is 4. The van der Waals surface area contributed by atoms with Gasteiger partial charge in [0.2, 0.25) is 0 Å². The van der Waals surface area contributed by atoms with Crippen LogP contribution in [0.3, 0.4) is 0 Å². The molecule has 0 aliphatic rings. The van der Waals surface area contributed by atoms with Crippen molar-refractivity contribution in [3.05, 3.63) is 59.9 Å². The fourth-order valence-electron chi connectivity index (χ4n) is 2.79. The third-order valence-corrected chi connectivity index (χ3v) is 4.01. The Morgan fingerprint density at radius 1 is 1.27 bits per heavy atom. The summed E-state index contributed by atoms with van der Waals surface area (Å²) in [5.74, 6) is 0. The number of aliphatic hydroxyl groups excluding tert-OH is 1. The van der Waals surface area contributed by atoms with Crippen LogP contribution >= 0.6 is 0 Å². The Morgan fingerprint density at radius 2 is 2.09 bits per heavy atom. The van der Waals surface area contributed by atoms with Crippen molar-refractivity contribution >= 4 is 0 Å². The van der Waals surface area contributed by atoms with Gasteiger partial charge in [-0.1, -0.05) is 18.2 Å². The van der Waals surface area contributed by atoms with Gasteiger partial charge in [0.05, 0.1) is 24.7 Å². The summed E-state index contributed by atoms with van der Waals surface area (Å²) in [4.78, 5) is 4.00. The Hall–Kier alpha value is -2.40. The van der Waals surface area contributed by atoms with Crippen LogP contribution in [0.15, 0.2) is 43.0 Å². The van der Waals surface area contributed by atoms with Crippen LogP contribution in [0.4, 0.5) is 0 Å². The molecule has 3 rings (SSSR count). The van der Waals surface area contributed by atoms with Gasteiger partial charge in [-0.3, -0.25) is 4.68 Å². The molecule has 2 heterocycles. The number of rotatable bonds is 4. The third kappa shape index (κ3) is 2.67. The first kappa shape index (κ1) is 14.5. The van der Waals surface area contributed by atoms with Crippen LogP contribution < -0.4 is 0 Å². The van der Waals surface area contributed by atoms with E-state index in [0.717, 1.165) is 28.1 Å². The predicted octanol–water partition coefficient (Wildman–Crippen LogP) is 2.63. The molecular weight excluding hydrogens is 276 g/mol. The average molecular weight is 296 g/mol. The molecule has 0 amide bonds. The van der Waals surface area contributed by atoms with Gasteiger partial charge in [-0.25, -0.2) is 4.98 Å². The molecule has 0 radical (unpaired) electrons. The molecule has 114 valence electrons.